The molecule has 1 fully saturated rings. The number of aliphatic hydroxyl groups is 1. The average Bonchev–Trinajstić information content (AvgIpc) is 2.74. The van der Waals surface area contributed by atoms with Gasteiger partial charge in [-0.25, -0.2) is 0 Å². The molecule has 1 unspecified atom stereocenters. The minimum atomic E-state index is -0.933. The maximum absolute atomic E-state index is 12.1. The van der Waals surface area contributed by atoms with E-state index in [1.165, 1.54) is 0 Å². The molecule has 2 atom stereocenters. The lowest BCUT2D eigenvalue weighted by Gasteiger charge is -2.29. The summed E-state index contributed by atoms with van der Waals surface area (Å²) in [5.74, 6) is -0.135. The highest BCUT2D eigenvalue weighted by molar-refractivity contribution is 5.85. The Kier molecular flexibility index (Phi) is 3.70. The average molecular weight is 210 g/mol. The van der Waals surface area contributed by atoms with Gasteiger partial charge in [-0.1, -0.05) is 6.92 Å². The van der Waals surface area contributed by atoms with E-state index in [-0.39, 0.29) is 18.6 Å². The van der Waals surface area contributed by atoms with Gasteiger partial charge in [0.2, 0.25) is 5.91 Å². The number of nitrogens with zero attached hydrogens (tertiary/aromatic N) is 2. The molecule has 1 aliphatic rings. The van der Waals surface area contributed by atoms with Crippen LogP contribution in [0, 0.1) is 16.7 Å². The Balaban J connectivity index is 2.80. The van der Waals surface area contributed by atoms with E-state index in [1.807, 2.05) is 6.92 Å². The second-order valence-corrected chi connectivity index (χ2v) is 4.27. The molecule has 0 aromatic heterocycles. The summed E-state index contributed by atoms with van der Waals surface area (Å²) < 4.78 is 0. The molecular formula is C11H18N2O2. The fraction of sp³-hybridized carbons (Fsp3) is 0.818. The summed E-state index contributed by atoms with van der Waals surface area (Å²) in [6.07, 6.45) is 2.27. The normalized spacial score (nSPS) is 24.7. The number of hydrogen-bond donors (Lipinski definition) is 1. The summed E-state index contributed by atoms with van der Waals surface area (Å²) in [6, 6.07) is 1.99. The van der Waals surface area contributed by atoms with Crippen LogP contribution in [0.25, 0.3) is 0 Å². The van der Waals surface area contributed by atoms with Crippen molar-refractivity contribution in [3.63, 3.8) is 0 Å². The van der Waals surface area contributed by atoms with Crippen molar-refractivity contribution in [3.8, 4) is 6.07 Å². The highest BCUT2D eigenvalue weighted by Gasteiger charge is 2.39. The minimum absolute atomic E-state index is 0.00301. The van der Waals surface area contributed by atoms with Crippen molar-refractivity contribution in [1.82, 2.24) is 4.90 Å². The topological polar surface area (TPSA) is 64.3 Å². The summed E-state index contributed by atoms with van der Waals surface area (Å²) in [4.78, 5) is 13.8. The van der Waals surface area contributed by atoms with Gasteiger partial charge >= 0.3 is 0 Å². The van der Waals surface area contributed by atoms with Crippen LogP contribution in [0.2, 0.25) is 0 Å². The molecule has 0 aromatic carbocycles. The van der Waals surface area contributed by atoms with E-state index in [4.69, 9.17) is 10.4 Å². The summed E-state index contributed by atoms with van der Waals surface area (Å²) >= 11 is 0. The van der Waals surface area contributed by atoms with Gasteiger partial charge in [-0.05, 0) is 26.2 Å². The van der Waals surface area contributed by atoms with E-state index in [0.717, 1.165) is 12.8 Å². The van der Waals surface area contributed by atoms with Gasteiger partial charge in [0.1, 0.15) is 5.41 Å². The molecular weight excluding hydrogens is 192 g/mol. The van der Waals surface area contributed by atoms with E-state index in [0.29, 0.717) is 13.0 Å². The van der Waals surface area contributed by atoms with Gasteiger partial charge in [0, 0.05) is 6.54 Å². The third-order valence-corrected chi connectivity index (χ3v) is 3.27. The number of carbonyl (C=O) groups excluding carboxylic acids is 1. The Bertz CT molecular complexity index is 285. The highest BCUT2D eigenvalue weighted by atomic mass is 16.3. The first-order valence-electron chi connectivity index (χ1n) is 5.42. The van der Waals surface area contributed by atoms with Crippen LogP contribution in [-0.2, 0) is 4.79 Å². The van der Waals surface area contributed by atoms with Crippen molar-refractivity contribution in [3.05, 3.63) is 0 Å². The van der Waals surface area contributed by atoms with Crippen molar-refractivity contribution in [1.29, 1.82) is 5.26 Å². The van der Waals surface area contributed by atoms with Crippen LogP contribution < -0.4 is 0 Å². The quantitative estimate of drug-likeness (QED) is 0.753. The minimum Gasteiger partial charge on any atom is -0.394 e. The summed E-state index contributed by atoms with van der Waals surface area (Å²) in [5.41, 5.74) is -0.933. The largest absolute Gasteiger partial charge is 0.394 e. The number of nitriles is 1. The molecule has 4 nitrogen and oxygen atoms in total. The highest BCUT2D eigenvalue weighted by Crippen LogP contribution is 2.28. The molecule has 1 aliphatic heterocycles. The van der Waals surface area contributed by atoms with Crippen molar-refractivity contribution < 1.29 is 9.90 Å². The fourth-order valence-electron chi connectivity index (χ4n) is 1.89. The molecule has 1 rings (SSSR count). The van der Waals surface area contributed by atoms with E-state index in [2.05, 4.69) is 6.07 Å². The molecule has 0 radical (unpaired) electrons. The van der Waals surface area contributed by atoms with E-state index >= 15 is 0 Å². The number of hydrogen-bond acceptors (Lipinski definition) is 3. The molecule has 0 saturated carbocycles. The van der Waals surface area contributed by atoms with Crippen LogP contribution in [-0.4, -0.2) is 35.1 Å². The molecule has 4 heteroatoms. The van der Waals surface area contributed by atoms with E-state index in [1.54, 1.807) is 11.8 Å². The maximum atomic E-state index is 12.1. The summed E-state index contributed by atoms with van der Waals surface area (Å²) in [6.45, 7) is 4.17. The molecule has 15 heavy (non-hydrogen) atoms. The Morgan fingerprint density at radius 2 is 2.40 bits per heavy atom. The molecule has 1 heterocycles. The number of rotatable bonds is 3. The SMILES string of the molecule is CCC(C)(C#N)C(=O)N1CCC[C@H]1CO. The van der Waals surface area contributed by atoms with E-state index in [9.17, 15) is 4.79 Å². The Hall–Kier alpha value is -1.08. The Morgan fingerprint density at radius 1 is 1.73 bits per heavy atom. The van der Waals surface area contributed by atoms with Crippen LogP contribution in [0.15, 0.2) is 0 Å². The van der Waals surface area contributed by atoms with E-state index < -0.39 is 5.41 Å². The van der Waals surface area contributed by atoms with Gasteiger partial charge in [0.15, 0.2) is 0 Å². The van der Waals surface area contributed by atoms with Gasteiger partial charge < -0.3 is 10.0 Å². The van der Waals surface area contributed by atoms with Crippen LogP contribution in [0.1, 0.15) is 33.1 Å². The molecule has 1 saturated heterocycles. The van der Waals surface area contributed by atoms with Crippen molar-refractivity contribution >= 4 is 5.91 Å². The lowest BCUT2D eigenvalue weighted by molar-refractivity contribution is -0.140. The lowest BCUT2D eigenvalue weighted by Crippen LogP contribution is -2.45. The van der Waals surface area contributed by atoms with Gasteiger partial charge in [-0.15, -0.1) is 0 Å². The Labute approximate surface area is 90.5 Å². The van der Waals surface area contributed by atoms with Gasteiger partial charge in [0.25, 0.3) is 0 Å². The number of likely N-dealkylation sites (tertiary alicyclic amines) is 1. The first-order valence-corrected chi connectivity index (χ1v) is 5.42. The third-order valence-electron chi connectivity index (χ3n) is 3.27. The smallest absolute Gasteiger partial charge is 0.243 e. The zero-order chi connectivity index (χ0) is 11.5. The fourth-order valence-corrected chi connectivity index (χ4v) is 1.89. The van der Waals surface area contributed by atoms with Crippen LogP contribution in [0.4, 0.5) is 0 Å². The van der Waals surface area contributed by atoms with Crippen LogP contribution >= 0.6 is 0 Å². The molecule has 1 N–H and O–H groups in total. The van der Waals surface area contributed by atoms with Crippen LogP contribution in [0.5, 0.6) is 0 Å². The zero-order valence-electron chi connectivity index (χ0n) is 9.36. The van der Waals surface area contributed by atoms with Crippen molar-refractivity contribution in [2.45, 2.75) is 39.2 Å². The molecule has 0 spiro atoms. The molecule has 84 valence electrons. The molecule has 0 bridgehead atoms. The Morgan fingerprint density at radius 3 is 2.87 bits per heavy atom. The van der Waals surface area contributed by atoms with Crippen LogP contribution in [0.3, 0.4) is 0 Å². The van der Waals surface area contributed by atoms with Crippen molar-refractivity contribution in [2.24, 2.45) is 5.41 Å². The standard InChI is InChI=1S/C11H18N2O2/c1-3-11(2,8-12)10(15)13-6-4-5-9(13)7-14/h9,14H,3-7H2,1-2H3/t9-,11?/m0/s1. The monoisotopic (exact) mass is 210 g/mol. The second-order valence-electron chi connectivity index (χ2n) is 4.27. The first kappa shape index (κ1) is 12.0. The second kappa shape index (κ2) is 4.63. The molecule has 1 amide bonds. The van der Waals surface area contributed by atoms with Gasteiger partial charge in [0.05, 0.1) is 18.7 Å². The van der Waals surface area contributed by atoms with Gasteiger partial charge in [-0.3, -0.25) is 4.79 Å². The maximum Gasteiger partial charge on any atom is 0.243 e. The predicted molar refractivity (Wildman–Crippen MR) is 55.8 cm³/mol. The third kappa shape index (κ3) is 2.13. The van der Waals surface area contributed by atoms with Gasteiger partial charge in [-0.2, -0.15) is 5.26 Å². The van der Waals surface area contributed by atoms with Crippen molar-refractivity contribution in [2.75, 3.05) is 13.2 Å². The molecule has 0 aromatic rings. The number of carbonyl (C=O) groups is 1. The predicted octanol–water partition coefficient (Wildman–Crippen LogP) is 0.910. The number of amides is 1. The lowest BCUT2D eigenvalue weighted by atomic mass is 9.87. The summed E-state index contributed by atoms with van der Waals surface area (Å²) in [5, 5.41) is 18.1. The number of aliphatic hydroxyl groups excluding tert-OH is 1. The molecule has 0 aliphatic carbocycles. The zero-order valence-corrected chi connectivity index (χ0v) is 9.36. The summed E-state index contributed by atoms with van der Waals surface area (Å²) in [7, 11) is 0. The first-order chi connectivity index (χ1) is 7.09.